The quantitative estimate of drug-likeness (QED) is 0.411. The lowest BCUT2D eigenvalue weighted by molar-refractivity contribution is 0.129. The Labute approximate surface area is 136 Å². The Morgan fingerprint density at radius 1 is 1.18 bits per heavy atom. The summed E-state index contributed by atoms with van der Waals surface area (Å²) in [5, 5.41) is 7.07. The van der Waals surface area contributed by atoms with E-state index in [1.165, 1.54) is 38.5 Å². The first-order valence-electron chi connectivity index (χ1n) is 9.30. The van der Waals surface area contributed by atoms with Crippen molar-refractivity contribution in [3.8, 4) is 0 Å². The highest BCUT2D eigenvalue weighted by Crippen LogP contribution is 2.49. The lowest BCUT2D eigenvalue weighted by atomic mass is 9.87. The fraction of sp³-hybridized carbons (Fsp3) is 0.944. The molecule has 2 saturated carbocycles. The van der Waals surface area contributed by atoms with E-state index in [4.69, 9.17) is 9.73 Å². The maximum atomic E-state index is 5.52. The molecule has 2 rings (SSSR count). The van der Waals surface area contributed by atoms with Crippen molar-refractivity contribution >= 4 is 5.96 Å². The summed E-state index contributed by atoms with van der Waals surface area (Å²) >= 11 is 0. The van der Waals surface area contributed by atoms with Crippen molar-refractivity contribution in [2.45, 2.75) is 71.8 Å². The Hall–Kier alpha value is -0.770. The van der Waals surface area contributed by atoms with Gasteiger partial charge in [0, 0.05) is 32.3 Å². The van der Waals surface area contributed by atoms with Gasteiger partial charge in [-0.15, -0.1) is 0 Å². The zero-order valence-corrected chi connectivity index (χ0v) is 14.8. The third-order valence-electron chi connectivity index (χ3n) is 5.21. The van der Waals surface area contributed by atoms with Gasteiger partial charge < -0.3 is 15.4 Å². The molecule has 0 heterocycles. The van der Waals surface area contributed by atoms with Gasteiger partial charge in [0.05, 0.1) is 0 Å². The van der Waals surface area contributed by atoms with E-state index in [0.717, 1.165) is 44.6 Å². The monoisotopic (exact) mass is 309 g/mol. The standard InChI is InChI=1S/C18H35N3O/c1-4-19-17(21-16-8-6-15(3)7-9-16)20-14-18(10-11-18)12-13-22-5-2/h15-16H,4-14H2,1-3H3,(H2,19,20,21). The van der Waals surface area contributed by atoms with Crippen molar-refractivity contribution in [2.75, 3.05) is 26.3 Å². The van der Waals surface area contributed by atoms with Crippen LogP contribution in [0.2, 0.25) is 0 Å². The lowest BCUT2D eigenvalue weighted by Crippen LogP contribution is -2.45. The Balaban J connectivity index is 1.79. The predicted molar refractivity (Wildman–Crippen MR) is 93.3 cm³/mol. The Bertz CT molecular complexity index is 344. The molecule has 22 heavy (non-hydrogen) atoms. The minimum absolute atomic E-state index is 0.429. The van der Waals surface area contributed by atoms with E-state index < -0.39 is 0 Å². The molecule has 0 amide bonds. The van der Waals surface area contributed by atoms with Crippen LogP contribution in [0.15, 0.2) is 4.99 Å². The number of rotatable bonds is 8. The van der Waals surface area contributed by atoms with E-state index in [-0.39, 0.29) is 0 Å². The van der Waals surface area contributed by atoms with Crippen LogP contribution in [0.4, 0.5) is 0 Å². The zero-order valence-electron chi connectivity index (χ0n) is 14.8. The Morgan fingerprint density at radius 2 is 1.91 bits per heavy atom. The first-order valence-corrected chi connectivity index (χ1v) is 9.30. The second kappa shape index (κ2) is 8.76. The van der Waals surface area contributed by atoms with Gasteiger partial charge in [0.25, 0.3) is 0 Å². The predicted octanol–water partition coefficient (Wildman–Crippen LogP) is 3.33. The number of hydrogen-bond donors (Lipinski definition) is 2. The van der Waals surface area contributed by atoms with Gasteiger partial charge in [-0.2, -0.15) is 0 Å². The van der Waals surface area contributed by atoms with Crippen LogP contribution in [-0.4, -0.2) is 38.3 Å². The summed E-state index contributed by atoms with van der Waals surface area (Å²) in [4.78, 5) is 4.88. The molecule has 2 fully saturated rings. The van der Waals surface area contributed by atoms with Crippen LogP contribution in [-0.2, 0) is 4.74 Å². The largest absolute Gasteiger partial charge is 0.382 e. The highest BCUT2D eigenvalue weighted by Gasteiger charge is 2.41. The lowest BCUT2D eigenvalue weighted by Gasteiger charge is -2.28. The van der Waals surface area contributed by atoms with Gasteiger partial charge in [0.1, 0.15) is 0 Å². The molecule has 2 aliphatic carbocycles. The molecule has 128 valence electrons. The fourth-order valence-corrected chi connectivity index (χ4v) is 3.26. The van der Waals surface area contributed by atoms with Gasteiger partial charge in [-0.1, -0.05) is 6.92 Å². The Kier molecular flexibility index (Phi) is 7.00. The summed E-state index contributed by atoms with van der Waals surface area (Å²) in [6.07, 6.45) is 9.02. The highest BCUT2D eigenvalue weighted by molar-refractivity contribution is 5.80. The maximum Gasteiger partial charge on any atom is 0.191 e. The molecule has 0 bridgehead atoms. The van der Waals surface area contributed by atoms with E-state index in [1.807, 2.05) is 0 Å². The minimum Gasteiger partial charge on any atom is -0.382 e. The molecule has 0 aromatic rings. The molecular weight excluding hydrogens is 274 g/mol. The van der Waals surface area contributed by atoms with Gasteiger partial charge >= 0.3 is 0 Å². The number of guanidine groups is 1. The van der Waals surface area contributed by atoms with Crippen LogP contribution < -0.4 is 10.6 Å². The summed E-state index contributed by atoms with van der Waals surface area (Å²) in [6, 6.07) is 0.604. The van der Waals surface area contributed by atoms with E-state index in [9.17, 15) is 0 Å². The van der Waals surface area contributed by atoms with Gasteiger partial charge in [-0.05, 0) is 70.1 Å². The summed E-state index contributed by atoms with van der Waals surface area (Å²) in [5.74, 6) is 1.91. The van der Waals surface area contributed by atoms with Crippen LogP contribution in [0, 0.1) is 11.3 Å². The van der Waals surface area contributed by atoms with E-state index in [2.05, 4.69) is 31.4 Å². The number of nitrogens with one attached hydrogen (secondary N) is 2. The van der Waals surface area contributed by atoms with Crippen LogP contribution >= 0.6 is 0 Å². The highest BCUT2D eigenvalue weighted by atomic mass is 16.5. The molecule has 0 aromatic heterocycles. The average molecular weight is 309 g/mol. The zero-order chi connectivity index (χ0) is 15.8. The molecule has 0 unspecified atom stereocenters. The Morgan fingerprint density at radius 3 is 2.50 bits per heavy atom. The van der Waals surface area contributed by atoms with Gasteiger partial charge in [0.15, 0.2) is 5.96 Å². The fourth-order valence-electron chi connectivity index (χ4n) is 3.26. The normalized spacial score (nSPS) is 27.5. The number of ether oxygens (including phenoxy) is 1. The summed E-state index contributed by atoms with van der Waals surface area (Å²) in [5.41, 5.74) is 0.429. The van der Waals surface area contributed by atoms with Gasteiger partial charge in [0.2, 0.25) is 0 Å². The van der Waals surface area contributed by atoms with E-state index in [1.54, 1.807) is 0 Å². The van der Waals surface area contributed by atoms with Crippen LogP contribution in [0.3, 0.4) is 0 Å². The smallest absolute Gasteiger partial charge is 0.191 e. The molecule has 2 aliphatic rings. The van der Waals surface area contributed by atoms with Crippen LogP contribution in [0.1, 0.15) is 65.7 Å². The van der Waals surface area contributed by atoms with Crippen molar-refractivity contribution in [1.82, 2.24) is 10.6 Å². The molecule has 0 atom stereocenters. The third-order valence-corrected chi connectivity index (χ3v) is 5.21. The van der Waals surface area contributed by atoms with Crippen molar-refractivity contribution in [3.63, 3.8) is 0 Å². The maximum absolute atomic E-state index is 5.52. The molecule has 0 aromatic carbocycles. The molecular formula is C18H35N3O. The first kappa shape index (κ1) is 17.6. The number of nitrogens with zero attached hydrogens (tertiary/aromatic N) is 1. The topological polar surface area (TPSA) is 45.7 Å². The molecule has 4 heteroatoms. The molecule has 0 aliphatic heterocycles. The van der Waals surface area contributed by atoms with E-state index >= 15 is 0 Å². The molecule has 4 nitrogen and oxygen atoms in total. The van der Waals surface area contributed by atoms with Gasteiger partial charge in [-0.3, -0.25) is 4.99 Å². The SMILES string of the molecule is CCNC(=NCC1(CCOCC)CC1)NC1CCC(C)CC1. The second-order valence-corrected chi connectivity index (χ2v) is 7.24. The van der Waals surface area contributed by atoms with E-state index in [0.29, 0.717) is 11.5 Å². The molecule has 0 radical (unpaired) electrons. The van der Waals surface area contributed by atoms with Crippen molar-refractivity contribution in [2.24, 2.45) is 16.3 Å². The molecule has 0 saturated heterocycles. The van der Waals surface area contributed by atoms with Crippen molar-refractivity contribution < 1.29 is 4.74 Å². The van der Waals surface area contributed by atoms with Crippen LogP contribution in [0.25, 0.3) is 0 Å². The third kappa shape index (κ3) is 5.79. The number of aliphatic imine (C=N–C) groups is 1. The minimum atomic E-state index is 0.429. The molecule has 2 N–H and O–H groups in total. The number of hydrogen-bond acceptors (Lipinski definition) is 2. The summed E-state index contributed by atoms with van der Waals surface area (Å²) < 4.78 is 5.52. The summed E-state index contributed by atoms with van der Waals surface area (Å²) in [6.45, 7) is 10.2. The first-order chi connectivity index (χ1) is 10.7. The average Bonchev–Trinajstić information content (AvgIpc) is 3.28. The van der Waals surface area contributed by atoms with Crippen molar-refractivity contribution in [3.05, 3.63) is 0 Å². The second-order valence-electron chi connectivity index (χ2n) is 7.24. The molecule has 0 spiro atoms. The van der Waals surface area contributed by atoms with Crippen molar-refractivity contribution in [1.29, 1.82) is 0 Å². The van der Waals surface area contributed by atoms with Gasteiger partial charge in [-0.25, -0.2) is 0 Å². The summed E-state index contributed by atoms with van der Waals surface area (Å²) in [7, 11) is 0. The van der Waals surface area contributed by atoms with Crippen LogP contribution in [0.5, 0.6) is 0 Å².